The van der Waals surface area contributed by atoms with Crippen LogP contribution < -0.4 is 5.32 Å². The van der Waals surface area contributed by atoms with Gasteiger partial charge >= 0.3 is 7.32 Å². The Morgan fingerprint density at radius 1 is 1.30 bits per heavy atom. The van der Waals surface area contributed by atoms with Crippen molar-refractivity contribution in [3.63, 3.8) is 0 Å². The van der Waals surface area contributed by atoms with Crippen LogP contribution in [0.3, 0.4) is 0 Å². The molecule has 0 amide bonds. The van der Waals surface area contributed by atoms with Gasteiger partial charge in [-0.25, -0.2) is 0 Å². The van der Waals surface area contributed by atoms with Crippen LogP contribution >= 0.6 is 0 Å². The van der Waals surface area contributed by atoms with Crippen molar-refractivity contribution in [2.75, 3.05) is 26.3 Å². The third-order valence-corrected chi connectivity index (χ3v) is 0.834. The zero-order valence-electron chi connectivity index (χ0n) is 5.66. The van der Waals surface area contributed by atoms with Crippen molar-refractivity contribution in [2.45, 2.75) is 0 Å². The van der Waals surface area contributed by atoms with E-state index in [0.717, 1.165) is 0 Å². The van der Waals surface area contributed by atoms with Gasteiger partial charge in [0, 0.05) is 19.7 Å². The van der Waals surface area contributed by atoms with Gasteiger partial charge in [-0.1, -0.05) is 0 Å². The summed E-state index contributed by atoms with van der Waals surface area (Å²) in [5, 5.41) is 27.4. The lowest BCUT2D eigenvalue weighted by Crippen LogP contribution is -2.27. The summed E-state index contributed by atoms with van der Waals surface area (Å²) in [7, 11) is -1.70. The molecule has 0 aliphatic rings. The van der Waals surface area contributed by atoms with Crippen LogP contribution in [0.2, 0.25) is 0 Å². The molecule has 4 N–H and O–H groups in total. The maximum atomic E-state index is 8.27. The highest BCUT2D eigenvalue weighted by Crippen LogP contribution is 1.72. The van der Waals surface area contributed by atoms with Gasteiger partial charge in [0.1, 0.15) is 0 Å². The molecule has 6 heteroatoms. The van der Waals surface area contributed by atoms with E-state index in [1.165, 1.54) is 0 Å². The summed E-state index contributed by atoms with van der Waals surface area (Å²) in [6.07, 6.45) is 0. The summed E-state index contributed by atoms with van der Waals surface area (Å²) in [6, 6.07) is 0. The highest BCUT2D eigenvalue weighted by Gasteiger charge is 2.05. The minimum atomic E-state index is -1.70. The monoisotopic (exact) mass is 149 g/mol. The molecule has 0 aliphatic heterocycles. The molecule has 5 nitrogen and oxygen atoms in total. The second kappa shape index (κ2) is 6.98. The fraction of sp³-hybridized carbons (Fsp3) is 1.00. The van der Waals surface area contributed by atoms with Gasteiger partial charge < -0.3 is 25.1 Å². The minimum Gasteiger partial charge on any atom is -0.402 e. The molecule has 0 atom stereocenters. The van der Waals surface area contributed by atoms with E-state index in [0.29, 0.717) is 13.1 Å². The lowest BCUT2D eigenvalue weighted by molar-refractivity contribution is 0.184. The third-order valence-electron chi connectivity index (χ3n) is 0.834. The highest BCUT2D eigenvalue weighted by molar-refractivity contribution is 6.32. The quantitative estimate of drug-likeness (QED) is 0.249. The van der Waals surface area contributed by atoms with Gasteiger partial charge in [-0.2, -0.15) is 0 Å². The van der Waals surface area contributed by atoms with Crippen LogP contribution in [0.25, 0.3) is 0 Å². The summed E-state index contributed by atoms with van der Waals surface area (Å²) >= 11 is 0. The van der Waals surface area contributed by atoms with Crippen molar-refractivity contribution in [2.24, 2.45) is 0 Å². The van der Waals surface area contributed by atoms with Crippen LogP contribution in [0.4, 0.5) is 0 Å². The number of aliphatic hydroxyl groups excluding tert-OH is 1. The van der Waals surface area contributed by atoms with Crippen molar-refractivity contribution in [1.29, 1.82) is 0 Å². The van der Waals surface area contributed by atoms with Crippen molar-refractivity contribution in [3.8, 4) is 0 Å². The van der Waals surface area contributed by atoms with E-state index in [2.05, 4.69) is 9.97 Å². The number of aliphatic hydroxyl groups is 1. The third kappa shape index (κ3) is 7.86. The summed E-state index contributed by atoms with van der Waals surface area (Å²) in [5.41, 5.74) is 0. The topological polar surface area (TPSA) is 82.0 Å². The van der Waals surface area contributed by atoms with E-state index in [4.69, 9.17) is 15.2 Å². The van der Waals surface area contributed by atoms with E-state index >= 15 is 0 Å². The first-order valence-electron chi connectivity index (χ1n) is 3.06. The molecule has 60 valence electrons. The Hall–Kier alpha value is -0.135. The molecule has 0 aromatic rings. The standard InChI is InChI=1S/C4H12BNO4/c7-3-1-6-2-4-10-5(8)9/h6-9H,1-4H2. The molecule has 0 aliphatic carbocycles. The Labute approximate surface area is 59.8 Å². The van der Waals surface area contributed by atoms with Crippen LogP contribution in [-0.4, -0.2) is 48.8 Å². The number of rotatable bonds is 6. The van der Waals surface area contributed by atoms with Crippen LogP contribution in [0.5, 0.6) is 0 Å². The molecule has 0 unspecified atom stereocenters. The first-order valence-corrected chi connectivity index (χ1v) is 3.06. The zero-order chi connectivity index (χ0) is 7.82. The van der Waals surface area contributed by atoms with Crippen LogP contribution in [0, 0.1) is 0 Å². The molecule has 0 heterocycles. The Morgan fingerprint density at radius 2 is 2.00 bits per heavy atom. The molecule has 0 aromatic carbocycles. The van der Waals surface area contributed by atoms with Gasteiger partial charge in [-0.15, -0.1) is 0 Å². The van der Waals surface area contributed by atoms with E-state index in [-0.39, 0.29) is 13.2 Å². The van der Waals surface area contributed by atoms with Gasteiger partial charge in [-0.05, 0) is 0 Å². The molecule has 0 spiro atoms. The van der Waals surface area contributed by atoms with Gasteiger partial charge in [-0.3, -0.25) is 0 Å². The molecular formula is C4H12BNO4. The number of hydrogen-bond acceptors (Lipinski definition) is 5. The average Bonchev–Trinajstić information content (AvgIpc) is 1.87. The molecule has 0 saturated carbocycles. The summed E-state index contributed by atoms with van der Waals surface area (Å²) in [5.74, 6) is 0. The SMILES string of the molecule is OCCNCCOB(O)O. The fourth-order valence-corrected chi connectivity index (χ4v) is 0.441. The largest absolute Gasteiger partial charge is 0.633 e. The maximum Gasteiger partial charge on any atom is 0.633 e. The number of nitrogens with one attached hydrogen (secondary N) is 1. The minimum absolute atomic E-state index is 0.0711. The predicted molar refractivity (Wildman–Crippen MR) is 36.1 cm³/mol. The lowest BCUT2D eigenvalue weighted by atomic mass is 10.3. The second-order valence-electron chi connectivity index (χ2n) is 1.67. The Kier molecular flexibility index (Phi) is 6.88. The Morgan fingerprint density at radius 3 is 2.50 bits per heavy atom. The first kappa shape index (κ1) is 9.86. The molecule has 0 bridgehead atoms. The maximum absolute atomic E-state index is 8.27. The zero-order valence-corrected chi connectivity index (χ0v) is 5.66. The van der Waals surface area contributed by atoms with Crippen molar-refractivity contribution in [1.82, 2.24) is 5.32 Å². The first-order chi connectivity index (χ1) is 4.77. The molecule has 0 rings (SSSR count). The fourth-order valence-electron chi connectivity index (χ4n) is 0.441. The van der Waals surface area contributed by atoms with E-state index in [1.54, 1.807) is 0 Å². The van der Waals surface area contributed by atoms with E-state index in [1.807, 2.05) is 0 Å². The summed E-state index contributed by atoms with van der Waals surface area (Å²) in [6.45, 7) is 1.28. The molecule has 10 heavy (non-hydrogen) atoms. The summed E-state index contributed by atoms with van der Waals surface area (Å²) < 4.78 is 4.36. The lowest BCUT2D eigenvalue weighted by Gasteiger charge is -2.02. The van der Waals surface area contributed by atoms with Crippen molar-refractivity contribution >= 4 is 7.32 Å². The van der Waals surface area contributed by atoms with Crippen molar-refractivity contribution < 1.29 is 19.8 Å². The van der Waals surface area contributed by atoms with Crippen LogP contribution in [0.15, 0.2) is 0 Å². The van der Waals surface area contributed by atoms with Crippen LogP contribution in [-0.2, 0) is 4.65 Å². The Balaban J connectivity index is 2.77. The van der Waals surface area contributed by atoms with Gasteiger partial charge in [0.15, 0.2) is 0 Å². The molecular weight excluding hydrogens is 137 g/mol. The van der Waals surface area contributed by atoms with Crippen molar-refractivity contribution in [3.05, 3.63) is 0 Å². The second-order valence-corrected chi connectivity index (χ2v) is 1.67. The summed E-state index contributed by atoms with van der Waals surface area (Å²) in [4.78, 5) is 0. The molecule has 0 radical (unpaired) electrons. The Bertz CT molecular complexity index is 72.3. The van der Waals surface area contributed by atoms with Gasteiger partial charge in [0.2, 0.25) is 0 Å². The van der Waals surface area contributed by atoms with Crippen LogP contribution in [0.1, 0.15) is 0 Å². The number of hydrogen-bond donors (Lipinski definition) is 4. The normalized spacial score (nSPS) is 9.90. The average molecular weight is 149 g/mol. The highest BCUT2D eigenvalue weighted by atomic mass is 16.6. The molecule has 0 aromatic heterocycles. The van der Waals surface area contributed by atoms with E-state index in [9.17, 15) is 0 Å². The van der Waals surface area contributed by atoms with E-state index < -0.39 is 7.32 Å². The smallest absolute Gasteiger partial charge is 0.402 e. The van der Waals surface area contributed by atoms with Gasteiger partial charge in [0.25, 0.3) is 0 Å². The predicted octanol–water partition coefficient (Wildman–Crippen LogP) is -2.45. The van der Waals surface area contributed by atoms with Gasteiger partial charge in [0.05, 0.1) is 6.61 Å². The molecule has 0 fully saturated rings. The molecule has 0 saturated heterocycles.